The van der Waals surface area contributed by atoms with Crippen molar-refractivity contribution >= 4 is 28.4 Å². The van der Waals surface area contributed by atoms with E-state index in [1.165, 1.54) is 0 Å². The third-order valence-electron chi connectivity index (χ3n) is 5.09. The Labute approximate surface area is 156 Å². The van der Waals surface area contributed by atoms with E-state index in [-0.39, 0.29) is 0 Å². The van der Waals surface area contributed by atoms with Crippen molar-refractivity contribution in [1.29, 1.82) is 0 Å². The third kappa shape index (κ3) is 2.57. The number of hydrogen-bond donors (Lipinski definition) is 0. The van der Waals surface area contributed by atoms with E-state index >= 15 is 0 Å². The van der Waals surface area contributed by atoms with Gasteiger partial charge in [0.05, 0.1) is 12.5 Å². The largest absolute Gasteiger partial charge is 0.353 e. The molecule has 4 aromatic rings. The number of fused-ring (bicyclic) bond motifs is 2. The second kappa shape index (κ2) is 6.19. The highest BCUT2D eigenvalue weighted by Gasteiger charge is 2.23. The summed E-state index contributed by atoms with van der Waals surface area (Å²) in [4.78, 5) is 22.7. The Morgan fingerprint density at radius 1 is 1.04 bits per heavy atom. The fourth-order valence-corrected chi connectivity index (χ4v) is 3.72. The van der Waals surface area contributed by atoms with Crippen LogP contribution in [-0.4, -0.2) is 60.3 Å². The number of hydrogen-bond acceptors (Lipinski definition) is 7. The van der Waals surface area contributed by atoms with Crippen LogP contribution < -0.4 is 9.80 Å². The molecule has 1 aliphatic rings. The maximum Gasteiger partial charge on any atom is 0.165 e. The van der Waals surface area contributed by atoms with Gasteiger partial charge in [0.15, 0.2) is 22.6 Å². The molecule has 5 heterocycles. The van der Waals surface area contributed by atoms with E-state index < -0.39 is 0 Å². The first kappa shape index (κ1) is 16.0. The average Bonchev–Trinajstić information content (AvgIpc) is 3.33. The van der Waals surface area contributed by atoms with Crippen LogP contribution in [0.5, 0.6) is 0 Å². The van der Waals surface area contributed by atoms with Crippen LogP contribution in [0.15, 0.2) is 31.0 Å². The van der Waals surface area contributed by atoms with E-state index in [0.29, 0.717) is 0 Å². The standard InChI is InChI=1S/C18H21N9/c1-3-24-12-21-16-17(24)19-11-20-18(16)26-8-6-25(7-9-26)15-10-13(2)23-14-4-5-22-27(14)15/h4-5,10-12H,3,6-9H2,1-2H3. The van der Waals surface area contributed by atoms with E-state index in [9.17, 15) is 0 Å². The lowest BCUT2D eigenvalue weighted by Crippen LogP contribution is -2.47. The highest BCUT2D eigenvalue weighted by Crippen LogP contribution is 2.24. The quantitative estimate of drug-likeness (QED) is 0.546. The minimum Gasteiger partial charge on any atom is -0.353 e. The smallest absolute Gasteiger partial charge is 0.165 e. The van der Waals surface area contributed by atoms with Gasteiger partial charge in [0, 0.05) is 50.6 Å². The minimum atomic E-state index is 0.849. The molecular formula is C18H21N9. The van der Waals surface area contributed by atoms with Crippen LogP contribution in [0.1, 0.15) is 12.6 Å². The number of anilines is 2. The van der Waals surface area contributed by atoms with Crippen molar-refractivity contribution < 1.29 is 0 Å². The first-order chi connectivity index (χ1) is 13.2. The van der Waals surface area contributed by atoms with Gasteiger partial charge >= 0.3 is 0 Å². The van der Waals surface area contributed by atoms with Crippen LogP contribution in [0, 0.1) is 6.92 Å². The van der Waals surface area contributed by atoms with Gasteiger partial charge in [-0.3, -0.25) is 0 Å². The van der Waals surface area contributed by atoms with Crippen molar-refractivity contribution in [3.05, 3.63) is 36.7 Å². The summed E-state index contributed by atoms with van der Waals surface area (Å²) >= 11 is 0. The molecule has 0 radical (unpaired) electrons. The molecule has 27 heavy (non-hydrogen) atoms. The molecule has 9 nitrogen and oxygen atoms in total. The van der Waals surface area contributed by atoms with Crippen LogP contribution in [0.4, 0.5) is 11.6 Å². The summed E-state index contributed by atoms with van der Waals surface area (Å²) in [6.45, 7) is 8.48. The Hall–Kier alpha value is -3.23. The highest BCUT2D eigenvalue weighted by molar-refractivity contribution is 5.83. The molecule has 0 amide bonds. The fourth-order valence-electron chi connectivity index (χ4n) is 3.72. The Kier molecular flexibility index (Phi) is 3.66. The van der Waals surface area contributed by atoms with E-state index in [4.69, 9.17) is 0 Å². The molecule has 0 saturated carbocycles. The molecule has 138 valence electrons. The highest BCUT2D eigenvalue weighted by atomic mass is 15.4. The molecule has 0 bridgehead atoms. The van der Waals surface area contributed by atoms with Gasteiger partial charge in [0.2, 0.25) is 0 Å². The molecule has 0 aliphatic carbocycles. The predicted molar refractivity (Wildman–Crippen MR) is 103 cm³/mol. The van der Waals surface area contributed by atoms with Gasteiger partial charge in [-0.1, -0.05) is 0 Å². The molecule has 0 unspecified atom stereocenters. The lowest BCUT2D eigenvalue weighted by Gasteiger charge is -2.36. The van der Waals surface area contributed by atoms with Crippen molar-refractivity contribution in [2.75, 3.05) is 36.0 Å². The van der Waals surface area contributed by atoms with Gasteiger partial charge in [-0.05, 0) is 13.8 Å². The average molecular weight is 363 g/mol. The Bertz CT molecular complexity index is 1100. The summed E-state index contributed by atoms with van der Waals surface area (Å²) < 4.78 is 3.96. The van der Waals surface area contributed by atoms with Gasteiger partial charge < -0.3 is 14.4 Å². The van der Waals surface area contributed by atoms with Gasteiger partial charge in [-0.25, -0.2) is 19.9 Å². The van der Waals surface area contributed by atoms with Crippen LogP contribution in [0.2, 0.25) is 0 Å². The molecule has 9 heteroatoms. The van der Waals surface area contributed by atoms with Gasteiger partial charge in [0.1, 0.15) is 12.1 Å². The molecule has 1 saturated heterocycles. The van der Waals surface area contributed by atoms with E-state index in [1.54, 1.807) is 12.5 Å². The van der Waals surface area contributed by atoms with Crippen LogP contribution >= 0.6 is 0 Å². The number of aromatic nitrogens is 7. The van der Waals surface area contributed by atoms with Crippen molar-refractivity contribution in [3.8, 4) is 0 Å². The molecule has 1 fully saturated rings. The summed E-state index contributed by atoms with van der Waals surface area (Å²) in [5.41, 5.74) is 3.66. The number of nitrogens with zero attached hydrogens (tertiary/aromatic N) is 9. The van der Waals surface area contributed by atoms with Crippen molar-refractivity contribution in [1.82, 2.24) is 34.1 Å². The summed E-state index contributed by atoms with van der Waals surface area (Å²) in [7, 11) is 0. The molecule has 1 aliphatic heterocycles. The Balaban J connectivity index is 1.42. The lowest BCUT2D eigenvalue weighted by atomic mass is 10.3. The first-order valence-corrected chi connectivity index (χ1v) is 9.21. The number of aryl methyl sites for hydroxylation is 2. The molecular weight excluding hydrogens is 342 g/mol. The number of rotatable bonds is 3. The van der Waals surface area contributed by atoms with Crippen molar-refractivity contribution in [2.24, 2.45) is 0 Å². The molecule has 0 spiro atoms. The third-order valence-corrected chi connectivity index (χ3v) is 5.09. The summed E-state index contributed by atoms with van der Waals surface area (Å²) in [5, 5.41) is 4.43. The number of piperazine rings is 1. The Morgan fingerprint density at radius 2 is 1.85 bits per heavy atom. The van der Waals surface area contributed by atoms with E-state index in [1.807, 2.05) is 28.4 Å². The van der Waals surface area contributed by atoms with Gasteiger partial charge in [0.25, 0.3) is 0 Å². The van der Waals surface area contributed by atoms with Gasteiger partial charge in [-0.15, -0.1) is 0 Å². The van der Waals surface area contributed by atoms with Crippen LogP contribution in [0.25, 0.3) is 16.8 Å². The van der Waals surface area contributed by atoms with Gasteiger partial charge in [-0.2, -0.15) is 9.61 Å². The lowest BCUT2D eigenvalue weighted by molar-refractivity contribution is 0.634. The number of imidazole rings is 1. The van der Waals surface area contributed by atoms with E-state index in [0.717, 1.165) is 66.9 Å². The Morgan fingerprint density at radius 3 is 2.67 bits per heavy atom. The first-order valence-electron chi connectivity index (χ1n) is 9.21. The molecule has 0 aromatic carbocycles. The summed E-state index contributed by atoms with van der Waals surface area (Å²) in [6, 6.07) is 4.04. The van der Waals surface area contributed by atoms with Crippen LogP contribution in [-0.2, 0) is 6.54 Å². The minimum absolute atomic E-state index is 0.849. The maximum atomic E-state index is 4.55. The SMILES string of the molecule is CCn1cnc2c(N3CCN(c4cc(C)nc5ccnn45)CC3)ncnc21. The fraction of sp³-hybridized carbons (Fsp3) is 0.389. The monoisotopic (exact) mass is 363 g/mol. The normalized spacial score (nSPS) is 15.2. The van der Waals surface area contributed by atoms with Crippen molar-refractivity contribution in [2.45, 2.75) is 20.4 Å². The zero-order chi connectivity index (χ0) is 18.4. The molecule has 0 N–H and O–H groups in total. The second-order valence-electron chi connectivity index (χ2n) is 6.73. The molecule has 5 rings (SSSR count). The molecule has 4 aromatic heterocycles. The van der Waals surface area contributed by atoms with Crippen LogP contribution in [0.3, 0.4) is 0 Å². The summed E-state index contributed by atoms with van der Waals surface area (Å²) in [5.74, 6) is 2.01. The maximum absolute atomic E-state index is 4.55. The molecule has 0 atom stereocenters. The topological polar surface area (TPSA) is 80.3 Å². The predicted octanol–water partition coefficient (Wildman–Crippen LogP) is 1.52. The second-order valence-corrected chi connectivity index (χ2v) is 6.73. The summed E-state index contributed by atoms with van der Waals surface area (Å²) in [6.07, 6.45) is 5.27. The zero-order valence-corrected chi connectivity index (χ0v) is 15.4. The zero-order valence-electron chi connectivity index (χ0n) is 15.4. The van der Waals surface area contributed by atoms with Crippen molar-refractivity contribution in [3.63, 3.8) is 0 Å². The van der Waals surface area contributed by atoms with E-state index in [2.05, 4.69) is 47.8 Å².